The molecule has 0 spiro atoms. The van der Waals surface area contributed by atoms with Crippen LogP contribution < -0.4 is 5.73 Å². The van der Waals surface area contributed by atoms with Gasteiger partial charge >= 0.3 is 0 Å². The average molecular weight is 294 g/mol. The topological polar surface area (TPSA) is 66.6 Å². The smallest absolute Gasteiger partial charge is 0.217 e. The number of hydrogen-bond acceptors (Lipinski definition) is 3. The van der Waals surface area contributed by atoms with Gasteiger partial charge in [0.05, 0.1) is 6.10 Å². The molecule has 0 saturated carbocycles. The highest BCUT2D eigenvalue weighted by atomic mass is 19.1. The van der Waals surface area contributed by atoms with Gasteiger partial charge in [-0.2, -0.15) is 0 Å². The number of likely N-dealkylation sites (tertiary alicyclic amines) is 1. The van der Waals surface area contributed by atoms with E-state index in [0.29, 0.717) is 13.0 Å². The van der Waals surface area contributed by atoms with Gasteiger partial charge in [-0.1, -0.05) is 6.07 Å². The number of carbonyl (C=O) groups excluding carboxylic acids is 1. The fraction of sp³-hybridized carbons (Fsp3) is 0.562. The Kier molecular flexibility index (Phi) is 5.31. The molecule has 3 N–H and O–H groups in total. The molecule has 1 aliphatic rings. The van der Waals surface area contributed by atoms with Crippen molar-refractivity contribution in [2.75, 3.05) is 19.6 Å². The predicted molar refractivity (Wildman–Crippen MR) is 79.1 cm³/mol. The van der Waals surface area contributed by atoms with Crippen LogP contribution >= 0.6 is 0 Å². The van der Waals surface area contributed by atoms with Crippen molar-refractivity contribution in [1.29, 1.82) is 0 Å². The van der Waals surface area contributed by atoms with E-state index in [4.69, 9.17) is 5.73 Å². The zero-order chi connectivity index (χ0) is 15.4. The molecule has 0 aliphatic carbocycles. The Labute approximate surface area is 124 Å². The van der Waals surface area contributed by atoms with Crippen LogP contribution in [0.2, 0.25) is 0 Å². The summed E-state index contributed by atoms with van der Waals surface area (Å²) in [5, 5.41) is 10.4. The van der Waals surface area contributed by atoms with Crippen LogP contribution in [0.3, 0.4) is 0 Å². The summed E-state index contributed by atoms with van der Waals surface area (Å²) in [5.41, 5.74) is 6.77. The Bertz CT molecular complexity index is 507. The molecule has 1 aliphatic heterocycles. The number of aliphatic hydroxyl groups excluding tert-OH is 1. The number of aryl methyl sites for hydroxylation is 1. The fourth-order valence-electron chi connectivity index (χ4n) is 3.12. The highest BCUT2D eigenvalue weighted by Crippen LogP contribution is 2.24. The van der Waals surface area contributed by atoms with Gasteiger partial charge in [-0.25, -0.2) is 4.39 Å². The van der Waals surface area contributed by atoms with Crippen molar-refractivity contribution < 1.29 is 14.3 Å². The van der Waals surface area contributed by atoms with Crippen molar-refractivity contribution in [3.63, 3.8) is 0 Å². The van der Waals surface area contributed by atoms with E-state index in [1.165, 1.54) is 12.1 Å². The summed E-state index contributed by atoms with van der Waals surface area (Å²) in [7, 11) is 0. The average Bonchev–Trinajstić information content (AvgIpc) is 2.37. The van der Waals surface area contributed by atoms with Crippen molar-refractivity contribution in [3.8, 4) is 0 Å². The molecular weight excluding hydrogens is 271 g/mol. The molecule has 0 bridgehead atoms. The minimum atomic E-state index is -0.641. The van der Waals surface area contributed by atoms with Gasteiger partial charge < -0.3 is 15.7 Å². The lowest BCUT2D eigenvalue weighted by Gasteiger charge is -2.33. The van der Waals surface area contributed by atoms with E-state index >= 15 is 0 Å². The molecule has 1 amide bonds. The number of carbonyl (C=O) groups is 1. The third kappa shape index (κ3) is 4.51. The summed E-state index contributed by atoms with van der Waals surface area (Å²) < 4.78 is 13.1. The van der Waals surface area contributed by atoms with E-state index in [0.717, 1.165) is 37.1 Å². The second kappa shape index (κ2) is 7.00. The summed E-state index contributed by atoms with van der Waals surface area (Å²) in [6.07, 6.45) is 1.78. The molecule has 21 heavy (non-hydrogen) atoms. The number of nitrogens with two attached hydrogens (primary N) is 1. The first kappa shape index (κ1) is 15.9. The summed E-state index contributed by atoms with van der Waals surface area (Å²) in [6.45, 7) is 3.99. The molecule has 1 saturated heterocycles. The van der Waals surface area contributed by atoms with Gasteiger partial charge in [0.25, 0.3) is 0 Å². The van der Waals surface area contributed by atoms with Crippen LogP contribution in [0.4, 0.5) is 4.39 Å². The lowest BCUT2D eigenvalue weighted by Crippen LogP contribution is -2.39. The van der Waals surface area contributed by atoms with Gasteiger partial charge in [0.15, 0.2) is 0 Å². The lowest BCUT2D eigenvalue weighted by molar-refractivity contribution is -0.119. The molecule has 1 aromatic rings. The van der Waals surface area contributed by atoms with E-state index in [1.807, 2.05) is 0 Å². The third-order valence-electron chi connectivity index (χ3n) is 4.11. The van der Waals surface area contributed by atoms with Gasteiger partial charge in [-0.05, 0) is 55.5 Å². The molecular formula is C16H23FN2O2. The van der Waals surface area contributed by atoms with Gasteiger partial charge in [-0.3, -0.25) is 4.79 Å². The molecule has 2 rings (SSSR count). The summed E-state index contributed by atoms with van der Waals surface area (Å²) in [4.78, 5) is 13.2. The maximum Gasteiger partial charge on any atom is 0.217 e. The molecule has 1 aromatic carbocycles. The maximum atomic E-state index is 13.1. The van der Waals surface area contributed by atoms with Gasteiger partial charge in [0.1, 0.15) is 5.82 Å². The van der Waals surface area contributed by atoms with Crippen LogP contribution in [0.25, 0.3) is 0 Å². The SMILES string of the molecule is Cc1cc(F)ccc1C(O)CN1CCCC(CC(N)=O)C1. The largest absolute Gasteiger partial charge is 0.387 e. The number of primary amides is 1. The molecule has 1 fully saturated rings. The number of benzene rings is 1. The van der Waals surface area contributed by atoms with Gasteiger partial charge in [0, 0.05) is 19.5 Å². The third-order valence-corrected chi connectivity index (χ3v) is 4.11. The summed E-state index contributed by atoms with van der Waals surface area (Å²) in [5.74, 6) is -0.280. The summed E-state index contributed by atoms with van der Waals surface area (Å²) in [6, 6.07) is 4.45. The van der Waals surface area contributed by atoms with Crippen LogP contribution in [0.15, 0.2) is 18.2 Å². The van der Waals surface area contributed by atoms with E-state index in [2.05, 4.69) is 4.90 Å². The van der Waals surface area contributed by atoms with E-state index in [-0.39, 0.29) is 17.6 Å². The zero-order valence-corrected chi connectivity index (χ0v) is 12.4. The number of rotatable bonds is 5. The van der Waals surface area contributed by atoms with Crippen molar-refractivity contribution >= 4 is 5.91 Å². The van der Waals surface area contributed by atoms with Crippen molar-refractivity contribution in [3.05, 3.63) is 35.1 Å². The van der Waals surface area contributed by atoms with E-state index < -0.39 is 6.10 Å². The molecule has 116 valence electrons. The Morgan fingerprint density at radius 3 is 3.00 bits per heavy atom. The van der Waals surface area contributed by atoms with Crippen LogP contribution in [-0.2, 0) is 4.79 Å². The molecule has 1 heterocycles. The van der Waals surface area contributed by atoms with Crippen molar-refractivity contribution in [2.24, 2.45) is 11.7 Å². The predicted octanol–water partition coefficient (Wildman–Crippen LogP) is 1.75. The molecule has 2 atom stereocenters. The normalized spacial score (nSPS) is 21.2. The first-order valence-electron chi connectivity index (χ1n) is 7.40. The van der Waals surface area contributed by atoms with Crippen LogP contribution in [0.5, 0.6) is 0 Å². The Morgan fingerprint density at radius 1 is 1.57 bits per heavy atom. The quantitative estimate of drug-likeness (QED) is 0.869. The number of halogens is 1. The molecule has 4 nitrogen and oxygen atoms in total. The van der Waals surface area contributed by atoms with Crippen LogP contribution in [0, 0.1) is 18.7 Å². The molecule has 0 aromatic heterocycles. The van der Waals surface area contributed by atoms with Gasteiger partial charge in [0.2, 0.25) is 5.91 Å². The molecule has 2 unspecified atom stereocenters. The zero-order valence-electron chi connectivity index (χ0n) is 12.4. The van der Waals surface area contributed by atoms with Crippen LogP contribution in [0.1, 0.15) is 36.5 Å². The highest BCUT2D eigenvalue weighted by molar-refractivity contribution is 5.74. The van der Waals surface area contributed by atoms with E-state index in [1.54, 1.807) is 13.0 Å². The van der Waals surface area contributed by atoms with Crippen molar-refractivity contribution in [2.45, 2.75) is 32.3 Å². The number of aliphatic hydroxyl groups is 1. The van der Waals surface area contributed by atoms with Crippen LogP contribution in [-0.4, -0.2) is 35.5 Å². The maximum absolute atomic E-state index is 13.1. The number of hydrogen-bond donors (Lipinski definition) is 2. The minimum Gasteiger partial charge on any atom is -0.387 e. The Balaban J connectivity index is 1.95. The summed E-state index contributed by atoms with van der Waals surface area (Å²) >= 11 is 0. The highest BCUT2D eigenvalue weighted by Gasteiger charge is 2.23. The molecule has 0 radical (unpaired) electrons. The number of nitrogens with zero attached hydrogens (tertiary/aromatic N) is 1. The lowest BCUT2D eigenvalue weighted by atomic mass is 9.93. The monoisotopic (exact) mass is 294 g/mol. The van der Waals surface area contributed by atoms with Crippen molar-refractivity contribution in [1.82, 2.24) is 4.90 Å². The fourth-order valence-corrected chi connectivity index (χ4v) is 3.12. The van der Waals surface area contributed by atoms with Gasteiger partial charge in [-0.15, -0.1) is 0 Å². The number of β-amino-alcohol motifs (C(OH)–C–C–N with tert-alkyl or cyclic N) is 1. The first-order chi connectivity index (χ1) is 9.95. The number of piperidine rings is 1. The Morgan fingerprint density at radius 2 is 2.33 bits per heavy atom. The number of amides is 1. The molecule has 5 heteroatoms. The second-order valence-corrected chi connectivity index (χ2v) is 5.95. The van der Waals surface area contributed by atoms with E-state index in [9.17, 15) is 14.3 Å². The standard InChI is InChI=1S/C16H23FN2O2/c1-11-7-13(17)4-5-14(11)15(20)10-19-6-2-3-12(9-19)8-16(18)21/h4-5,7,12,15,20H,2-3,6,8-10H2,1H3,(H2,18,21). The first-order valence-corrected chi connectivity index (χ1v) is 7.40. The minimum absolute atomic E-state index is 0.267. The second-order valence-electron chi connectivity index (χ2n) is 5.95. The Hall–Kier alpha value is -1.46.